The maximum Gasteiger partial charge on any atom is 0.274 e. The first-order valence-electron chi connectivity index (χ1n) is 7.95. The molecular weight excluding hydrogens is 377 g/mol. The summed E-state index contributed by atoms with van der Waals surface area (Å²) in [6, 6.07) is 8.08. The van der Waals surface area contributed by atoms with Crippen molar-refractivity contribution in [2.75, 3.05) is 17.4 Å². The lowest BCUT2D eigenvalue weighted by molar-refractivity contribution is 0.102. The van der Waals surface area contributed by atoms with E-state index in [9.17, 15) is 18.0 Å². The van der Waals surface area contributed by atoms with Gasteiger partial charge in [0.15, 0.2) is 29.0 Å². The number of hydrogen-bond donors (Lipinski definition) is 2. The Morgan fingerprint density at radius 3 is 2.64 bits per heavy atom. The molecule has 0 unspecified atom stereocenters. The molecule has 0 aliphatic carbocycles. The summed E-state index contributed by atoms with van der Waals surface area (Å²) in [6.45, 7) is 0.136. The first kappa shape index (κ1) is 17.6. The maximum atomic E-state index is 13.7. The second-order valence-electron chi connectivity index (χ2n) is 5.66. The zero-order valence-corrected chi connectivity index (χ0v) is 14.0. The summed E-state index contributed by atoms with van der Waals surface area (Å²) >= 11 is 0. The highest BCUT2D eigenvalue weighted by molar-refractivity contribution is 6.03. The molecule has 0 spiro atoms. The number of carbonyl (C=O) groups is 1. The highest BCUT2D eigenvalue weighted by atomic mass is 19.2. The van der Waals surface area contributed by atoms with Gasteiger partial charge in [0.05, 0.1) is 5.69 Å². The zero-order valence-electron chi connectivity index (χ0n) is 14.0. The summed E-state index contributed by atoms with van der Waals surface area (Å²) in [5.41, 5.74) is 0.0103. The lowest BCUT2D eigenvalue weighted by Gasteiger charge is -2.09. The summed E-state index contributed by atoms with van der Waals surface area (Å²) in [4.78, 5) is 20.1. The van der Waals surface area contributed by atoms with E-state index < -0.39 is 29.0 Å². The molecule has 2 aromatic carbocycles. The Morgan fingerprint density at radius 1 is 0.964 bits per heavy atom. The molecule has 0 fully saturated rings. The van der Waals surface area contributed by atoms with Gasteiger partial charge in [0.25, 0.3) is 5.91 Å². The van der Waals surface area contributed by atoms with Gasteiger partial charge in [-0.3, -0.25) is 4.79 Å². The molecule has 4 rings (SSSR count). The van der Waals surface area contributed by atoms with Crippen LogP contribution in [0, 0.1) is 17.5 Å². The fourth-order valence-corrected chi connectivity index (χ4v) is 2.48. The normalized spacial score (nSPS) is 12.0. The smallest absolute Gasteiger partial charge is 0.274 e. The summed E-state index contributed by atoms with van der Waals surface area (Å²) in [5, 5.41) is 5.11. The van der Waals surface area contributed by atoms with E-state index in [1.54, 1.807) is 18.2 Å². The lowest BCUT2D eigenvalue weighted by atomic mass is 10.2. The SMILES string of the molecule is O=C(Nc1ccc(F)c(F)c1F)c1cc(Nc2ccc3c(c2)OCO3)ncn1. The second-order valence-corrected chi connectivity index (χ2v) is 5.66. The number of rotatable bonds is 4. The number of carbonyl (C=O) groups excluding carboxylic acids is 1. The maximum absolute atomic E-state index is 13.7. The van der Waals surface area contributed by atoms with Crippen LogP contribution >= 0.6 is 0 Å². The van der Waals surface area contributed by atoms with Gasteiger partial charge in [-0.1, -0.05) is 0 Å². The van der Waals surface area contributed by atoms with Crippen molar-refractivity contribution in [2.24, 2.45) is 0 Å². The number of benzene rings is 2. The molecule has 1 aliphatic heterocycles. The number of nitrogens with zero attached hydrogens (tertiary/aromatic N) is 2. The van der Waals surface area contributed by atoms with Crippen molar-refractivity contribution < 1.29 is 27.4 Å². The molecule has 1 aliphatic rings. The number of fused-ring (bicyclic) bond motifs is 1. The van der Waals surface area contributed by atoms with Gasteiger partial charge in [-0.25, -0.2) is 23.1 Å². The minimum Gasteiger partial charge on any atom is -0.454 e. The third-order valence-electron chi connectivity index (χ3n) is 3.83. The van der Waals surface area contributed by atoms with Crippen LogP contribution in [0.3, 0.4) is 0 Å². The van der Waals surface area contributed by atoms with Gasteiger partial charge in [0, 0.05) is 17.8 Å². The van der Waals surface area contributed by atoms with Gasteiger partial charge in [0.2, 0.25) is 6.79 Å². The topological polar surface area (TPSA) is 85.4 Å². The van der Waals surface area contributed by atoms with Crippen molar-refractivity contribution in [2.45, 2.75) is 0 Å². The van der Waals surface area contributed by atoms with E-state index in [2.05, 4.69) is 20.6 Å². The summed E-state index contributed by atoms with van der Waals surface area (Å²) < 4.78 is 50.5. The molecule has 3 aromatic rings. The molecule has 28 heavy (non-hydrogen) atoms. The highest BCUT2D eigenvalue weighted by Gasteiger charge is 2.17. The molecule has 142 valence electrons. The quantitative estimate of drug-likeness (QED) is 0.664. The Kier molecular flexibility index (Phi) is 4.44. The summed E-state index contributed by atoms with van der Waals surface area (Å²) in [6.07, 6.45) is 1.13. The van der Waals surface area contributed by atoms with E-state index in [1.165, 1.54) is 6.07 Å². The van der Waals surface area contributed by atoms with Crippen molar-refractivity contribution in [3.05, 3.63) is 65.9 Å². The molecule has 1 aromatic heterocycles. The predicted octanol–water partition coefficient (Wildman–Crippen LogP) is 3.62. The van der Waals surface area contributed by atoms with Gasteiger partial charge in [0.1, 0.15) is 17.8 Å². The van der Waals surface area contributed by atoms with E-state index >= 15 is 0 Å². The van der Waals surface area contributed by atoms with Gasteiger partial charge < -0.3 is 20.1 Å². The minimum atomic E-state index is -1.68. The number of aromatic nitrogens is 2. The highest BCUT2D eigenvalue weighted by Crippen LogP contribution is 2.34. The van der Waals surface area contributed by atoms with Crippen LogP contribution in [-0.2, 0) is 0 Å². The predicted molar refractivity (Wildman–Crippen MR) is 92.1 cm³/mol. The summed E-state index contributed by atoms with van der Waals surface area (Å²) in [5.74, 6) is -3.89. The fraction of sp³-hybridized carbons (Fsp3) is 0.0556. The summed E-state index contributed by atoms with van der Waals surface area (Å²) in [7, 11) is 0. The first-order valence-corrected chi connectivity index (χ1v) is 7.95. The average molecular weight is 388 g/mol. The van der Waals surface area contributed by atoms with Crippen LogP contribution in [0.25, 0.3) is 0 Å². The Balaban J connectivity index is 1.52. The Bertz CT molecular complexity index is 1080. The molecule has 7 nitrogen and oxygen atoms in total. The molecule has 0 saturated carbocycles. The molecule has 0 saturated heterocycles. The molecular formula is C18H11F3N4O3. The Hall–Kier alpha value is -3.82. The van der Waals surface area contributed by atoms with Crippen LogP contribution in [0.15, 0.2) is 42.7 Å². The number of nitrogens with one attached hydrogen (secondary N) is 2. The van der Waals surface area contributed by atoms with E-state index in [-0.39, 0.29) is 18.3 Å². The van der Waals surface area contributed by atoms with Crippen LogP contribution < -0.4 is 20.1 Å². The van der Waals surface area contributed by atoms with Crippen LogP contribution in [0.4, 0.5) is 30.4 Å². The molecule has 1 amide bonds. The van der Waals surface area contributed by atoms with Crippen LogP contribution in [0.1, 0.15) is 10.5 Å². The van der Waals surface area contributed by atoms with Crippen molar-refractivity contribution in [1.29, 1.82) is 0 Å². The number of anilines is 3. The number of halogens is 3. The Labute approximate surface area is 156 Å². The van der Waals surface area contributed by atoms with E-state index in [1.807, 2.05) is 0 Å². The zero-order chi connectivity index (χ0) is 19.7. The molecule has 2 N–H and O–H groups in total. The Morgan fingerprint density at radius 2 is 1.79 bits per heavy atom. The van der Waals surface area contributed by atoms with E-state index in [4.69, 9.17) is 9.47 Å². The van der Waals surface area contributed by atoms with Gasteiger partial charge in [-0.15, -0.1) is 0 Å². The number of hydrogen-bond acceptors (Lipinski definition) is 6. The molecule has 10 heteroatoms. The second kappa shape index (κ2) is 7.06. The van der Waals surface area contributed by atoms with Crippen molar-refractivity contribution in [1.82, 2.24) is 9.97 Å². The molecule has 0 atom stereocenters. The monoisotopic (exact) mass is 388 g/mol. The van der Waals surface area contributed by atoms with E-state index in [0.717, 1.165) is 12.4 Å². The lowest BCUT2D eigenvalue weighted by Crippen LogP contribution is -2.16. The van der Waals surface area contributed by atoms with E-state index in [0.29, 0.717) is 23.3 Å². The third-order valence-corrected chi connectivity index (χ3v) is 3.83. The minimum absolute atomic E-state index is 0.109. The standard InChI is InChI=1S/C18H11F3N4O3/c19-10-2-3-11(17(21)16(10)20)25-18(26)12-6-15(23-7-22-12)24-9-1-4-13-14(5-9)28-8-27-13/h1-7H,8H2,(H,25,26)(H,22,23,24). The van der Waals surface area contributed by atoms with Crippen LogP contribution in [0.2, 0.25) is 0 Å². The van der Waals surface area contributed by atoms with Crippen LogP contribution in [0.5, 0.6) is 11.5 Å². The number of ether oxygens (including phenoxy) is 2. The molecule has 0 bridgehead atoms. The van der Waals surface area contributed by atoms with Gasteiger partial charge >= 0.3 is 0 Å². The fourth-order valence-electron chi connectivity index (χ4n) is 2.48. The molecule has 2 heterocycles. The first-order chi connectivity index (χ1) is 13.5. The van der Waals surface area contributed by atoms with Gasteiger partial charge in [-0.2, -0.15) is 0 Å². The van der Waals surface area contributed by atoms with Crippen molar-refractivity contribution in [3.8, 4) is 11.5 Å². The van der Waals surface area contributed by atoms with Crippen molar-refractivity contribution in [3.63, 3.8) is 0 Å². The largest absolute Gasteiger partial charge is 0.454 e. The van der Waals surface area contributed by atoms with Gasteiger partial charge in [-0.05, 0) is 24.3 Å². The van der Waals surface area contributed by atoms with Crippen molar-refractivity contribution >= 4 is 23.1 Å². The average Bonchev–Trinajstić information content (AvgIpc) is 3.16. The molecule has 0 radical (unpaired) electrons. The third kappa shape index (κ3) is 3.39. The van der Waals surface area contributed by atoms with Crippen LogP contribution in [-0.4, -0.2) is 22.7 Å². The number of amides is 1.